The van der Waals surface area contributed by atoms with Gasteiger partial charge in [0.1, 0.15) is 10.6 Å². The van der Waals surface area contributed by atoms with E-state index in [1.807, 2.05) is 0 Å². The van der Waals surface area contributed by atoms with E-state index in [1.165, 1.54) is 18.1 Å². The standard InChI is InChI=1S/C12H11N3O3S/c1-7-9(12(17)18)11(19-14-7)15(2)10(16)8-4-3-5-13-6-8/h3-6H,1-2H3,(H,17,18). The Balaban J connectivity index is 2.38. The number of carbonyl (C=O) groups excluding carboxylic acids is 1. The summed E-state index contributed by atoms with van der Waals surface area (Å²) in [4.78, 5) is 28.5. The average molecular weight is 277 g/mol. The molecule has 1 N–H and O–H groups in total. The lowest BCUT2D eigenvalue weighted by atomic mass is 10.2. The second-order valence-electron chi connectivity index (χ2n) is 3.86. The van der Waals surface area contributed by atoms with Gasteiger partial charge in [0.2, 0.25) is 0 Å². The number of aromatic carboxylic acids is 1. The summed E-state index contributed by atoms with van der Waals surface area (Å²) in [6.45, 7) is 1.60. The highest BCUT2D eigenvalue weighted by atomic mass is 32.1. The lowest BCUT2D eigenvalue weighted by Crippen LogP contribution is -2.27. The number of hydrogen-bond donors (Lipinski definition) is 1. The smallest absolute Gasteiger partial charge is 0.340 e. The van der Waals surface area contributed by atoms with Crippen LogP contribution in [0.1, 0.15) is 26.4 Å². The Morgan fingerprint density at radius 3 is 2.74 bits per heavy atom. The van der Waals surface area contributed by atoms with Gasteiger partial charge in [-0.05, 0) is 30.6 Å². The Morgan fingerprint density at radius 2 is 2.16 bits per heavy atom. The number of carboxylic acid groups (broad SMARTS) is 1. The topological polar surface area (TPSA) is 83.4 Å². The first-order valence-electron chi connectivity index (χ1n) is 5.40. The molecule has 0 aliphatic carbocycles. The summed E-state index contributed by atoms with van der Waals surface area (Å²) in [5.74, 6) is -1.41. The van der Waals surface area contributed by atoms with Crippen molar-refractivity contribution in [1.29, 1.82) is 0 Å². The summed E-state index contributed by atoms with van der Waals surface area (Å²) in [5.41, 5.74) is 0.857. The van der Waals surface area contributed by atoms with Crippen LogP contribution in [0.2, 0.25) is 0 Å². The maximum absolute atomic E-state index is 12.2. The quantitative estimate of drug-likeness (QED) is 0.925. The summed E-state index contributed by atoms with van der Waals surface area (Å²) < 4.78 is 3.99. The first-order valence-corrected chi connectivity index (χ1v) is 6.17. The van der Waals surface area contributed by atoms with Crippen LogP contribution in [0.3, 0.4) is 0 Å². The van der Waals surface area contributed by atoms with E-state index in [0.29, 0.717) is 16.3 Å². The van der Waals surface area contributed by atoms with Crippen LogP contribution in [0.5, 0.6) is 0 Å². The van der Waals surface area contributed by atoms with Gasteiger partial charge < -0.3 is 10.0 Å². The molecule has 7 heteroatoms. The van der Waals surface area contributed by atoms with Gasteiger partial charge >= 0.3 is 5.97 Å². The van der Waals surface area contributed by atoms with Crippen molar-refractivity contribution >= 4 is 28.4 Å². The SMILES string of the molecule is Cc1nsc(N(C)C(=O)c2cccnc2)c1C(=O)O. The molecule has 0 saturated carbocycles. The van der Waals surface area contributed by atoms with E-state index in [4.69, 9.17) is 5.11 Å². The number of rotatable bonds is 3. The van der Waals surface area contributed by atoms with E-state index in [9.17, 15) is 9.59 Å². The van der Waals surface area contributed by atoms with Gasteiger partial charge in [0, 0.05) is 19.4 Å². The molecule has 0 saturated heterocycles. The molecule has 0 atom stereocenters. The fraction of sp³-hybridized carbons (Fsp3) is 0.167. The monoisotopic (exact) mass is 277 g/mol. The van der Waals surface area contributed by atoms with E-state index in [-0.39, 0.29) is 11.5 Å². The number of amides is 1. The van der Waals surface area contributed by atoms with Gasteiger partial charge in [0.15, 0.2) is 0 Å². The molecule has 0 aliphatic heterocycles. The molecule has 2 aromatic rings. The largest absolute Gasteiger partial charge is 0.478 e. The van der Waals surface area contributed by atoms with Crippen molar-refractivity contribution < 1.29 is 14.7 Å². The number of anilines is 1. The van der Waals surface area contributed by atoms with Crippen molar-refractivity contribution in [2.24, 2.45) is 0 Å². The zero-order chi connectivity index (χ0) is 14.0. The molecule has 0 radical (unpaired) electrons. The molecule has 6 nitrogen and oxygen atoms in total. The first kappa shape index (κ1) is 13.2. The van der Waals surface area contributed by atoms with Gasteiger partial charge in [0.05, 0.1) is 11.3 Å². The molecule has 0 bridgehead atoms. The van der Waals surface area contributed by atoms with E-state index in [0.717, 1.165) is 11.5 Å². The number of hydrogen-bond acceptors (Lipinski definition) is 5. The summed E-state index contributed by atoms with van der Waals surface area (Å²) >= 11 is 0.989. The van der Waals surface area contributed by atoms with Crippen LogP contribution in [0.25, 0.3) is 0 Å². The third-order valence-corrected chi connectivity index (χ3v) is 3.59. The molecule has 0 aliphatic rings. The van der Waals surface area contributed by atoms with Crippen LogP contribution in [0.4, 0.5) is 5.00 Å². The minimum absolute atomic E-state index is 0.0599. The van der Waals surface area contributed by atoms with Crippen LogP contribution in [-0.4, -0.2) is 33.4 Å². The van der Waals surface area contributed by atoms with Gasteiger partial charge in [-0.3, -0.25) is 9.78 Å². The molecule has 0 fully saturated rings. The van der Waals surface area contributed by atoms with Crippen LogP contribution < -0.4 is 4.90 Å². The fourth-order valence-corrected chi connectivity index (χ4v) is 2.45. The molecule has 2 heterocycles. The normalized spacial score (nSPS) is 10.2. The minimum Gasteiger partial charge on any atom is -0.478 e. The summed E-state index contributed by atoms with van der Waals surface area (Å²) in [7, 11) is 1.52. The second kappa shape index (κ2) is 5.15. The third-order valence-electron chi connectivity index (χ3n) is 2.58. The molecule has 0 spiro atoms. The lowest BCUT2D eigenvalue weighted by Gasteiger charge is -2.15. The van der Waals surface area contributed by atoms with E-state index in [1.54, 1.807) is 25.3 Å². The summed E-state index contributed by atoms with van der Waals surface area (Å²) in [6, 6.07) is 3.28. The predicted molar refractivity (Wildman–Crippen MR) is 70.8 cm³/mol. The Morgan fingerprint density at radius 1 is 1.42 bits per heavy atom. The van der Waals surface area contributed by atoms with Gasteiger partial charge in [-0.25, -0.2) is 4.79 Å². The third kappa shape index (κ3) is 2.45. The Kier molecular flexibility index (Phi) is 3.57. The highest BCUT2D eigenvalue weighted by Crippen LogP contribution is 2.28. The predicted octanol–water partition coefficient (Wildman–Crippen LogP) is 1.82. The molecule has 2 aromatic heterocycles. The van der Waals surface area contributed by atoms with Crippen molar-refractivity contribution in [3.8, 4) is 0 Å². The average Bonchev–Trinajstić information content (AvgIpc) is 2.80. The molecule has 19 heavy (non-hydrogen) atoms. The molecule has 2 rings (SSSR count). The molecule has 1 amide bonds. The zero-order valence-electron chi connectivity index (χ0n) is 10.3. The maximum atomic E-state index is 12.2. The molecule has 0 aromatic carbocycles. The Bertz CT molecular complexity index is 624. The minimum atomic E-state index is -1.09. The van der Waals surface area contributed by atoms with Crippen molar-refractivity contribution in [1.82, 2.24) is 9.36 Å². The maximum Gasteiger partial charge on any atom is 0.340 e. The number of pyridine rings is 1. The highest BCUT2D eigenvalue weighted by molar-refractivity contribution is 7.11. The molecular formula is C12H11N3O3S. The molecular weight excluding hydrogens is 266 g/mol. The van der Waals surface area contributed by atoms with Gasteiger partial charge in [0.25, 0.3) is 5.91 Å². The Labute approximate surface area is 113 Å². The van der Waals surface area contributed by atoms with Crippen molar-refractivity contribution in [3.05, 3.63) is 41.3 Å². The number of carboxylic acids is 1. The second-order valence-corrected chi connectivity index (χ2v) is 4.61. The zero-order valence-corrected chi connectivity index (χ0v) is 11.1. The number of nitrogens with zero attached hydrogens (tertiary/aromatic N) is 3. The number of aryl methyl sites for hydroxylation is 1. The van der Waals surface area contributed by atoms with E-state index < -0.39 is 5.97 Å². The summed E-state index contributed by atoms with van der Waals surface area (Å²) in [5, 5.41) is 9.47. The fourth-order valence-electron chi connectivity index (χ4n) is 1.61. The first-order chi connectivity index (χ1) is 9.02. The van der Waals surface area contributed by atoms with Crippen LogP contribution in [0, 0.1) is 6.92 Å². The van der Waals surface area contributed by atoms with Gasteiger partial charge in [-0.15, -0.1) is 0 Å². The van der Waals surface area contributed by atoms with E-state index >= 15 is 0 Å². The lowest BCUT2D eigenvalue weighted by molar-refractivity contribution is 0.0697. The molecule has 0 unspecified atom stereocenters. The Hall–Kier alpha value is -2.28. The summed E-state index contributed by atoms with van der Waals surface area (Å²) in [6.07, 6.45) is 3.00. The number of carbonyl (C=O) groups is 2. The van der Waals surface area contributed by atoms with Crippen LogP contribution in [0.15, 0.2) is 24.5 Å². The van der Waals surface area contributed by atoms with Crippen LogP contribution in [-0.2, 0) is 0 Å². The van der Waals surface area contributed by atoms with Crippen LogP contribution >= 0.6 is 11.5 Å². The van der Waals surface area contributed by atoms with Gasteiger partial charge in [-0.2, -0.15) is 4.37 Å². The number of aromatic nitrogens is 2. The molecule has 98 valence electrons. The van der Waals surface area contributed by atoms with Gasteiger partial charge in [-0.1, -0.05) is 0 Å². The van der Waals surface area contributed by atoms with Crippen molar-refractivity contribution in [2.75, 3.05) is 11.9 Å². The van der Waals surface area contributed by atoms with Crippen molar-refractivity contribution in [2.45, 2.75) is 6.92 Å². The van der Waals surface area contributed by atoms with Crippen molar-refractivity contribution in [3.63, 3.8) is 0 Å². The van der Waals surface area contributed by atoms with E-state index in [2.05, 4.69) is 9.36 Å². The highest BCUT2D eigenvalue weighted by Gasteiger charge is 2.24.